The van der Waals surface area contributed by atoms with Crippen molar-refractivity contribution in [3.05, 3.63) is 54.4 Å². The van der Waals surface area contributed by atoms with Crippen LogP contribution in [0, 0.1) is 0 Å². The zero-order valence-corrected chi connectivity index (χ0v) is 15.8. The summed E-state index contributed by atoms with van der Waals surface area (Å²) in [6.07, 6.45) is 4.13. The van der Waals surface area contributed by atoms with Crippen LogP contribution in [-0.2, 0) is 0 Å². The van der Waals surface area contributed by atoms with E-state index in [0.717, 1.165) is 44.8 Å². The van der Waals surface area contributed by atoms with Crippen molar-refractivity contribution in [1.29, 1.82) is 0 Å². The Morgan fingerprint density at radius 2 is 1.81 bits per heavy atom. The average molecular weight is 352 g/mol. The third-order valence-corrected chi connectivity index (χ3v) is 4.94. The van der Waals surface area contributed by atoms with Gasteiger partial charge in [0.05, 0.1) is 11.9 Å². The molecule has 2 heterocycles. The Morgan fingerprint density at radius 3 is 2.42 bits per heavy atom. The molecule has 138 valence electrons. The van der Waals surface area contributed by atoms with Crippen molar-refractivity contribution >= 4 is 17.3 Å². The van der Waals surface area contributed by atoms with Crippen LogP contribution in [0.1, 0.15) is 30.3 Å². The third-order valence-electron chi connectivity index (χ3n) is 4.94. The predicted molar refractivity (Wildman–Crippen MR) is 107 cm³/mol. The van der Waals surface area contributed by atoms with Crippen molar-refractivity contribution in [3.63, 3.8) is 0 Å². The standard InChI is InChI=1S/C21H28N4O/c1-3-4-12-23(2)19-10-11-20(22-17-19)21(26)25-15-13-24(14-16-25)18-8-6-5-7-9-18/h5-11,17H,3-4,12-16H2,1-2H3. The minimum atomic E-state index is 0.0282. The summed E-state index contributed by atoms with van der Waals surface area (Å²) in [6.45, 7) is 6.36. The van der Waals surface area contributed by atoms with E-state index in [2.05, 4.69) is 53.0 Å². The topological polar surface area (TPSA) is 39.7 Å². The van der Waals surface area contributed by atoms with Crippen LogP contribution < -0.4 is 9.80 Å². The monoisotopic (exact) mass is 352 g/mol. The number of rotatable bonds is 6. The predicted octanol–water partition coefficient (Wildman–Crippen LogP) is 3.28. The number of para-hydroxylation sites is 1. The van der Waals surface area contributed by atoms with Crippen molar-refractivity contribution in [1.82, 2.24) is 9.88 Å². The molecule has 5 nitrogen and oxygen atoms in total. The van der Waals surface area contributed by atoms with Crippen LogP contribution in [0.3, 0.4) is 0 Å². The highest BCUT2D eigenvalue weighted by Gasteiger charge is 2.23. The fraction of sp³-hybridized carbons (Fsp3) is 0.429. The van der Waals surface area contributed by atoms with E-state index < -0.39 is 0 Å². The van der Waals surface area contributed by atoms with Gasteiger partial charge in [0.2, 0.25) is 0 Å². The Hall–Kier alpha value is -2.56. The zero-order valence-electron chi connectivity index (χ0n) is 15.8. The van der Waals surface area contributed by atoms with Crippen LogP contribution in [0.4, 0.5) is 11.4 Å². The Morgan fingerprint density at radius 1 is 1.08 bits per heavy atom. The van der Waals surface area contributed by atoms with Crippen molar-refractivity contribution in [2.75, 3.05) is 49.6 Å². The first kappa shape index (κ1) is 18.2. The van der Waals surface area contributed by atoms with Gasteiger partial charge in [-0.15, -0.1) is 0 Å². The zero-order chi connectivity index (χ0) is 18.4. The molecule has 0 aliphatic carbocycles. The maximum Gasteiger partial charge on any atom is 0.272 e. The normalized spacial score (nSPS) is 14.4. The summed E-state index contributed by atoms with van der Waals surface area (Å²) in [4.78, 5) is 23.6. The van der Waals surface area contributed by atoms with Crippen LogP contribution in [-0.4, -0.2) is 55.6 Å². The van der Waals surface area contributed by atoms with Gasteiger partial charge in [0.1, 0.15) is 5.69 Å². The Labute approximate surface area is 156 Å². The highest BCUT2D eigenvalue weighted by Crippen LogP contribution is 2.17. The maximum atomic E-state index is 12.7. The van der Waals surface area contributed by atoms with E-state index in [9.17, 15) is 4.79 Å². The van der Waals surface area contributed by atoms with Crippen LogP contribution in [0.2, 0.25) is 0 Å². The number of hydrogen-bond acceptors (Lipinski definition) is 4. The first-order valence-corrected chi connectivity index (χ1v) is 9.45. The Bertz CT molecular complexity index is 694. The highest BCUT2D eigenvalue weighted by molar-refractivity contribution is 5.92. The van der Waals surface area contributed by atoms with E-state index in [1.807, 2.05) is 29.3 Å². The Balaban J connectivity index is 1.56. The molecule has 1 amide bonds. The van der Waals surface area contributed by atoms with Gasteiger partial charge in [-0.2, -0.15) is 0 Å². The lowest BCUT2D eigenvalue weighted by Gasteiger charge is -2.36. The van der Waals surface area contributed by atoms with E-state index in [-0.39, 0.29) is 5.91 Å². The van der Waals surface area contributed by atoms with E-state index >= 15 is 0 Å². The summed E-state index contributed by atoms with van der Waals surface area (Å²) in [5.41, 5.74) is 2.81. The number of unbranched alkanes of at least 4 members (excludes halogenated alkanes) is 1. The quantitative estimate of drug-likeness (QED) is 0.800. The highest BCUT2D eigenvalue weighted by atomic mass is 16.2. The molecule has 1 aliphatic rings. The number of aromatic nitrogens is 1. The molecule has 2 aromatic rings. The molecule has 5 heteroatoms. The molecule has 1 fully saturated rings. The fourth-order valence-corrected chi connectivity index (χ4v) is 3.23. The second-order valence-electron chi connectivity index (χ2n) is 6.79. The smallest absolute Gasteiger partial charge is 0.272 e. The molecule has 0 bridgehead atoms. The summed E-state index contributed by atoms with van der Waals surface area (Å²) in [7, 11) is 2.07. The molecule has 1 aliphatic heterocycles. The number of amides is 1. The molecular weight excluding hydrogens is 324 g/mol. The SMILES string of the molecule is CCCCN(C)c1ccc(C(=O)N2CCN(c3ccccc3)CC2)nc1. The molecule has 1 aromatic heterocycles. The third kappa shape index (κ3) is 4.34. The van der Waals surface area contributed by atoms with Gasteiger partial charge in [0, 0.05) is 45.5 Å². The number of carbonyl (C=O) groups excluding carboxylic acids is 1. The molecule has 3 rings (SSSR count). The van der Waals surface area contributed by atoms with Crippen LogP contribution in [0.5, 0.6) is 0 Å². The summed E-state index contributed by atoms with van der Waals surface area (Å²) in [6, 6.07) is 14.2. The van der Waals surface area contributed by atoms with Crippen LogP contribution in [0.15, 0.2) is 48.7 Å². The van der Waals surface area contributed by atoms with E-state index in [1.54, 1.807) is 0 Å². The molecule has 1 saturated heterocycles. The average Bonchev–Trinajstić information content (AvgIpc) is 2.72. The lowest BCUT2D eigenvalue weighted by molar-refractivity contribution is 0.0741. The van der Waals surface area contributed by atoms with E-state index in [0.29, 0.717) is 5.69 Å². The molecule has 1 aromatic carbocycles. The van der Waals surface area contributed by atoms with Gasteiger partial charge in [-0.05, 0) is 30.7 Å². The van der Waals surface area contributed by atoms with Gasteiger partial charge in [-0.25, -0.2) is 4.98 Å². The fourth-order valence-electron chi connectivity index (χ4n) is 3.23. The van der Waals surface area contributed by atoms with Crippen molar-refractivity contribution in [2.45, 2.75) is 19.8 Å². The number of piperazine rings is 1. The number of nitrogens with zero attached hydrogens (tertiary/aromatic N) is 4. The van der Waals surface area contributed by atoms with Gasteiger partial charge in [0.25, 0.3) is 5.91 Å². The minimum Gasteiger partial charge on any atom is -0.373 e. The molecule has 0 spiro atoms. The molecule has 26 heavy (non-hydrogen) atoms. The molecule has 0 saturated carbocycles. The molecule has 0 N–H and O–H groups in total. The van der Waals surface area contributed by atoms with Crippen LogP contribution in [0.25, 0.3) is 0 Å². The summed E-state index contributed by atoms with van der Waals surface area (Å²) in [5, 5.41) is 0. The van der Waals surface area contributed by atoms with Gasteiger partial charge in [0.15, 0.2) is 0 Å². The lowest BCUT2D eigenvalue weighted by Crippen LogP contribution is -2.49. The van der Waals surface area contributed by atoms with Gasteiger partial charge in [-0.1, -0.05) is 31.5 Å². The first-order chi connectivity index (χ1) is 12.7. The summed E-state index contributed by atoms with van der Waals surface area (Å²) >= 11 is 0. The minimum absolute atomic E-state index is 0.0282. The number of carbonyl (C=O) groups is 1. The Kier molecular flexibility index (Phi) is 6.10. The summed E-state index contributed by atoms with van der Waals surface area (Å²) in [5.74, 6) is 0.0282. The first-order valence-electron chi connectivity index (χ1n) is 9.45. The van der Waals surface area contributed by atoms with Crippen LogP contribution >= 0.6 is 0 Å². The number of benzene rings is 1. The lowest BCUT2D eigenvalue weighted by atomic mass is 10.2. The molecular formula is C21H28N4O. The largest absolute Gasteiger partial charge is 0.373 e. The van der Waals surface area contributed by atoms with Gasteiger partial charge < -0.3 is 14.7 Å². The number of hydrogen-bond donors (Lipinski definition) is 0. The van der Waals surface area contributed by atoms with Crippen molar-refractivity contribution in [3.8, 4) is 0 Å². The number of anilines is 2. The molecule has 0 radical (unpaired) electrons. The second-order valence-corrected chi connectivity index (χ2v) is 6.79. The van der Waals surface area contributed by atoms with Gasteiger partial charge >= 0.3 is 0 Å². The number of pyridine rings is 1. The molecule has 0 atom stereocenters. The summed E-state index contributed by atoms with van der Waals surface area (Å²) < 4.78 is 0. The second kappa shape index (κ2) is 8.70. The maximum absolute atomic E-state index is 12.7. The molecule has 0 unspecified atom stereocenters. The van der Waals surface area contributed by atoms with Crippen molar-refractivity contribution < 1.29 is 4.79 Å². The van der Waals surface area contributed by atoms with Crippen molar-refractivity contribution in [2.24, 2.45) is 0 Å². The van der Waals surface area contributed by atoms with Gasteiger partial charge in [-0.3, -0.25) is 4.79 Å². The van der Waals surface area contributed by atoms with E-state index in [4.69, 9.17) is 0 Å². The van der Waals surface area contributed by atoms with E-state index in [1.165, 1.54) is 12.1 Å².